The Balaban J connectivity index is 2.84. The van der Waals surface area contributed by atoms with E-state index < -0.39 is 5.97 Å². The molecule has 0 saturated carbocycles. The highest BCUT2D eigenvalue weighted by Crippen LogP contribution is 2.20. The van der Waals surface area contributed by atoms with E-state index >= 15 is 0 Å². The van der Waals surface area contributed by atoms with Crippen LogP contribution in [0.5, 0.6) is 0 Å². The summed E-state index contributed by atoms with van der Waals surface area (Å²) in [5.74, 6) is -0.841. The van der Waals surface area contributed by atoms with E-state index in [-0.39, 0.29) is 0 Å². The first-order valence-corrected chi connectivity index (χ1v) is 4.40. The van der Waals surface area contributed by atoms with Crippen LogP contribution in [-0.2, 0) is 4.79 Å². The highest BCUT2D eigenvalue weighted by atomic mass is 32.2. The van der Waals surface area contributed by atoms with Crippen molar-refractivity contribution in [2.45, 2.75) is 6.42 Å². The van der Waals surface area contributed by atoms with Gasteiger partial charge in [0.2, 0.25) is 0 Å². The number of carboxylic acids is 1. The number of carboxylic acid groups (broad SMARTS) is 1. The molecule has 0 aromatic heterocycles. The first-order valence-electron chi connectivity index (χ1n) is 3.17. The lowest BCUT2D eigenvalue weighted by Crippen LogP contribution is -2.14. The number of rotatable bonds is 2. The second-order valence-electron chi connectivity index (χ2n) is 2.07. The summed E-state index contributed by atoms with van der Waals surface area (Å²) >= 11 is 1.42. The third kappa shape index (κ3) is 1.77. The van der Waals surface area contributed by atoms with Gasteiger partial charge in [0, 0.05) is 6.42 Å². The summed E-state index contributed by atoms with van der Waals surface area (Å²) in [5, 5.41) is 12.3. The van der Waals surface area contributed by atoms with Crippen molar-refractivity contribution in [2.24, 2.45) is 0 Å². The van der Waals surface area contributed by atoms with E-state index in [1.54, 1.807) is 12.3 Å². The summed E-state index contributed by atoms with van der Waals surface area (Å²) in [6, 6.07) is 0. The van der Waals surface area contributed by atoms with Crippen LogP contribution in [-0.4, -0.2) is 17.3 Å². The summed E-state index contributed by atoms with van der Waals surface area (Å²) in [6.45, 7) is 0. The van der Waals surface area contributed by atoms with Gasteiger partial charge in [-0.3, -0.25) is 0 Å². The zero-order valence-electron chi connectivity index (χ0n) is 6.13. The van der Waals surface area contributed by atoms with Crippen molar-refractivity contribution in [3.63, 3.8) is 0 Å². The Hall–Kier alpha value is -0.900. The van der Waals surface area contributed by atoms with Crippen LogP contribution in [0.1, 0.15) is 6.42 Å². The molecule has 0 atom stereocenters. The molecule has 1 heterocycles. The summed E-state index contributed by atoms with van der Waals surface area (Å²) in [4.78, 5) is 10.6. The number of allylic oxidation sites excluding steroid dienone is 1. The Kier molecular flexibility index (Phi) is 2.59. The molecular formula is C7H9NO2S. The lowest BCUT2D eigenvalue weighted by Gasteiger charge is -2.12. The number of hydrogen-bond acceptors (Lipinski definition) is 3. The number of carbonyl (C=O) groups is 1. The SMILES string of the molecule is CSC1=C(C(=O)O)CC=CN1. The molecule has 0 saturated heterocycles. The molecule has 1 rings (SSSR count). The summed E-state index contributed by atoms with van der Waals surface area (Å²) < 4.78 is 0. The fraction of sp³-hybridized carbons (Fsp3) is 0.286. The van der Waals surface area contributed by atoms with Crippen LogP contribution in [0.25, 0.3) is 0 Å². The molecule has 0 fully saturated rings. The molecule has 0 spiro atoms. The van der Waals surface area contributed by atoms with E-state index in [0.717, 1.165) is 5.03 Å². The first-order chi connectivity index (χ1) is 5.25. The second kappa shape index (κ2) is 3.48. The van der Waals surface area contributed by atoms with Gasteiger partial charge >= 0.3 is 5.97 Å². The number of nitrogens with one attached hydrogen (secondary N) is 1. The number of dihydropyridines is 1. The fourth-order valence-corrected chi connectivity index (χ4v) is 1.46. The van der Waals surface area contributed by atoms with Crippen molar-refractivity contribution >= 4 is 17.7 Å². The second-order valence-corrected chi connectivity index (χ2v) is 2.88. The van der Waals surface area contributed by atoms with E-state index in [4.69, 9.17) is 5.11 Å². The van der Waals surface area contributed by atoms with Crippen molar-refractivity contribution in [1.82, 2.24) is 5.32 Å². The number of hydrogen-bond donors (Lipinski definition) is 2. The smallest absolute Gasteiger partial charge is 0.334 e. The van der Waals surface area contributed by atoms with E-state index in [9.17, 15) is 4.79 Å². The highest BCUT2D eigenvalue weighted by Gasteiger charge is 2.13. The highest BCUT2D eigenvalue weighted by molar-refractivity contribution is 8.02. The molecule has 0 amide bonds. The van der Waals surface area contributed by atoms with Crippen LogP contribution >= 0.6 is 11.8 Å². The van der Waals surface area contributed by atoms with Crippen LogP contribution in [0.15, 0.2) is 22.9 Å². The van der Waals surface area contributed by atoms with Gasteiger partial charge in [-0.1, -0.05) is 6.08 Å². The van der Waals surface area contributed by atoms with Gasteiger partial charge in [0.1, 0.15) is 0 Å². The minimum Gasteiger partial charge on any atom is -0.478 e. The van der Waals surface area contributed by atoms with Crippen LogP contribution in [0.4, 0.5) is 0 Å². The average molecular weight is 171 g/mol. The number of thioether (sulfide) groups is 1. The van der Waals surface area contributed by atoms with Gasteiger partial charge in [-0.15, -0.1) is 11.8 Å². The summed E-state index contributed by atoms with van der Waals surface area (Å²) in [7, 11) is 0. The molecule has 1 aliphatic rings. The first kappa shape index (κ1) is 8.20. The largest absolute Gasteiger partial charge is 0.478 e. The van der Waals surface area contributed by atoms with Crippen LogP contribution < -0.4 is 5.32 Å². The normalized spacial score (nSPS) is 16.5. The predicted octanol–water partition coefficient (Wildman–Crippen LogP) is 1.15. The lowest BCUT2D eigenvalue weighted by atomic mass is 10.2. The quantitative estimate of drug-likeness (QED) is 0.654. The standard InChI is InChI=1S/C7H9NO2S/c1-11-6-5(7(9)10)3-2-4-8-6/h2,4,8H,3H2,1H3,(H,9,10). The predicted molar refractivity (Wildman–Crippen MR) is 45.1 cm³/mol. The Labute approximate surface area is 69.2 Å². The van der Waals surface area contributed by atoms with Gasteiger partial charge < -0.3 is 10.4 Å². The van der Waals surface area contributed by atoms with Gasteiger partial charge in [0.15, 0.2) is 0 Å². The van der Waals surface area contributed by atoms with Crippen LogP contribution in [0, 0.1) is 0 Å². The molecule has 60 valence electrons. The summed E-state index contributed by atoms with van der Waals surface area (Å²) in [6.07, 6.45) is 5.92. The maximum atomic E-state index is 10.6. The average Bonchev–Trinajstić information content (AvgIpc) is 2.04. The minimum atomic E-state index is -0.841. The maximum Gasteiger partial charge on any atom is 0.334 e. The van der Waals surface area contributed by atoms with Gasteiger partial charge in [-0.2, -0.15) is 0 Å². The van der Waals surface area contributed by atoms with Crippen molar-refractivity contribution in [1.29, 1.82) is 0 Å². The Bertz CT molecular complexity index is 233. The molecular weight excluding hydrogens is 162 g/mol. The van der Waals surface area contributed by atoms with Crippen molar-refractivity contribution < 1.29 is 9.90 Å². The van der Waals surface area contributed by atoms with Crippen molar-refractivity contribution in [3.8, 4) is 0 Å². The zero-order valence-corrected chi connectivity index (χ0v) is 6.94. The number of aliphatic carboxylic acids is 1. The van der Waals surface area contributed by atoms with Crippen LogP contribution in [0.2, 0.25) is 0 Å². The molecule has 2 N–H and O–H groups in total. The summed E-state index contributed by atoms with van der Waals surface area (Å²) in [5.41, 5.74) is 0.444. The van der Waals surface area contributed by atoms with E-state index in [1.165, 1.54) is 11.8 Å². The molecule has 0 aliphatic carbocycles. The van der Waals surface area contributed by atoms with Gasteiger partial charge in [-0.25, -0.2) is 4.79 Å². The molecule has 4 heteroatoms. The molecule has 1 aliphatic heterocycles. The van der Waals surface area contributed by atoms with Gasteiger partial charge in [-0.05, 0) is 12.5 Å². The molecule has 0 radical (unpaired) electrons. The van der Waals surface area contributed by atoms with E-state index in [1.807, 2.05) is 6.26 Å². The monoisotopic (exact) mass is 171 g/mol. The topological polar surface area (TPSA) is 49.3 Å². The van der Waals surface area contributed by atoms with Gasteiger partial charge in [0.05, 0.1) is 10.6 Å². The Morgan fingerprint density at radius 1 is 1.82 bits per heavy atom. The third-order valence-electron chi connectivity index (χ3n) is 1.39. The molecule has 0 aromatic carbocycles. The van der Waals surface area contributed by atoms with E-state index in [2.05, 4.69) is 5.32 Å². The molecule has 0 unspecified atom stereocenters. The molecule has 11 heavy (non-hydrogen) atoms. The Morgan fingerprint density at radius 3 is 3.00 bits per heavy atom. The Morgan fingerprint density at radius 2 is 2.55 bits per heavy atom. The fourth-order valence-electron chi connectivity index (χ4n) is 0.858. The molecule has 3 nitrogen and oxygen atoms in total. The molecule has 0 aromatic rings. The maximum absolute atomic E-state index is 10.6. The molecule has 0 bridgehead atoms. The third-order valence-corrected chi connectivity index (χ3v) is 2.16. The minimum absolute atomic E-state index is 0.444. The lowest BCUT2D eigenvalue weighted by molar-refractivity contribution is -0.132. The van der Waals surface area contributed by atoms with Crippen molar-refractivity contribution in [3.05, 3.63) is 22.9 Å². The van der Waals surface area contributed by atoms with E-state index in [0.29, 0.717) is 12.0 Å². The zero-order chi connectivity index (χ0) is 8.27. The van der Waals surface area contributed by atoms with Crippen LogP contribution in [0.3, 0.4) is 0 Å². The van der Waals surface area contributed by atoms with Crippen molar-refractivity contribution in [2.75, 3.05) is 6.26 Å². The van der Waals surface area contributed by atoms with Gasteiger partial charge in [0.25, 0.3) is 0 Å².